The fourth-order valence-corrected chi connectivity index (χ4v) is 4.14. The lowest BCUT2D eigenvalue weighted by atomic mass is 10.1. The Morgan fingerprint density at radius 3 is 2.59 bits per heavy atom. The average Bonchev–Trinajstić information content (AvgIpc) is 3.28. The van der Waals surface area contributed by atoms with Crippen LogP contribution in [0, 0.1) is 12.7 Å². The summed E-state index contributed by atoms with van der Waals surface area (Å²) in [7, 11) is 0. The lowest BCUT2D eigenvalue weighted by Gasteiger charge is -2.26. The van der Waals surface area contributed by atoms with E-state index >= 15 is 0 Å². The molecule has 0 atom stereocenters. The maximum Gasteiger partial charge on any atom is 0.196 e. The molecule has 1 aromatic carbocycles. The topological polar surface area (TPSA) is 60.0 Å². The van der Waals surface area contributed by atoms with E-state index in [1.165, 1.54) is 31.4 Å². The van der Waals surface area contributed by atoms with Gasteiger partial charge in [-0.2, -0.15) is 0 Å². The van der Waals surface area contributed by atoms with Crippen molar-refractivity contribution in [3.63, 3.8) is 0 Å². The van der Waals surface area contributed by atoms with Gasteiger partial charge >= 0.3 is 0 Å². The predicted molar refractivity (Wildman–Crippen MR) is 101 cm³/mol. The summed E-state index contributed by atoms with van der Waals surface area (Å²) in [6, 6.07) is 8.39. The van der Waals surface area contributed by atoms with Crippen molar-refractivity contribution in [2.75, 3.05) is 13.1 Å². The zero-order valence-electron chi connectivity index (χ0n) is 15.3. The van der Waals surface area contributed by atoms with Gasteiger partial charge in [0.1, 0.15) is 11.6 Å². The summed E-state index contributed by atoms with van der Waals surface area (Å²) >= 11 is 1.55. The first-order chi connectivity index (χ1) is 13.2. The van der Waals surface area contributed by atoms with Gasteiger partial charge in [0.2, 0.25) is 0 Å². The molecular formula is C19H22FN5OS. The predicted octanol–water partition coefficient (Wildman–Crippen LogP) is 3.98. The molecule has 0 unspecified atom stereocenters. The van der Waals surface area contributed by atoms with Gasteiger partial charge in [0.05, 0.1) is 12.2 Å². The molecule has 8 heteroatoms. The normalized spacial score (nSPS) is 15.3. The number of likely N-dealkylation sites (tertiary alicyclic amines) is 1. The summed E-state index contributed by atoms with van der Waals surface area (Å²) in [5.74, 6) is 2.05. The standard InChI is InChI=1S/C19H22FN5OS/c1-14-11-16(23-26-14)13-27-19-22-21-18(12-24-9-3-2-4-10-24)25(19)17-7-5-15(20)6-8-17/h5-8,11H,2-4,9-10,12-13H2,1H3. The molecule has 0 amide bonds. The zero-order valence-corrected chi connectivity index (χ0v) is 16.1. The van der Waals surface area contributed by atoms with Gasteiger partial charge in [-0.05, 0) is 57.1 Å². The van der Waals surface area contributed by atoms with Crippen LogP contribution >= 0.6 is 11.8 Å². The SMILES string of the molecule is Cc1cc(CSc2nnc(CN3CCCCC3)n2-c2ccc(F)cc2)no1. The smallest absolute Gasteiger partial charge is 0.196 e. The average molecular weight is 387 g/mol. The van der Waals surface area contributed by atoms with Crippen LogP contribution in [-0.2, 0) is 12.3 Å². The molecule has 3 aromatic rings. The van der Waals surface area contributed by atoms with Gasteiger partial charge in [-0.15, -0.1) is 10.2 Å². The second-order valence-corrected chi connectivity index (χ2v) is 7.71. The maximum absolute atomic E-state index is 13.4. The number of halogens is 1. The second-order valence-electron chi connectivity index (χ2n) is 6.77. The Morgan fingerprint density at radius 2 is 1.89 bits per heavy atom. The monoisotopic (exact) mass is 387 g/mol. The summed E-state index contributed by atoms with van der Waals surface area (Å²) in [6.45, 7) is 4.78. The highest BCUT2D eigenvalue weighted by Gasteiger charge is 2.19. The number of hydrogen-bond acceptors (Lipinski definition) is 6. The molecular weight excluding hydrogens is 365 g/mol. The fraction of sp³-hybridized carbons (Fsp3) is 0.421. The third-order valence-corrected chi connectivity index (χ3v) is 5.59. The fourth-order valence-electron chi connectivity index (χ4n) is 3.29. The highest BCUT2D eigenvalue weighted by molar-refractivity contribution is 7.98. The van der Waals surface area contributed by atoms with Crippen LogP contribution in [0.1, 0.15) is 36.5 Å². The minimum absolute atomic E-state index is 0.253. The van der Waals surface area contributed by atoms with Gasteiger partial charge < -0.3 is 4.52 Å². The number of aromatic nitrogens is 4. The number of piperidine rings is 1. The Bertz CT molecular complexity index is 886. The van der Waals surface area contributed by atoms with Gasteiger partial charge in [0, 0.05) is 17.5 Å². The highest BCUT2D eigenvalue weighted by Crippen LogP contribution is 2.26. The van der Waals surface area contributed by atoms with Crippen LogP contribution in [0.15, 0.2) is 40.0 Å². The van der Waals surface area contributed by atoms with E-state index < -0.39 is 0 Å². The van der Waals surface area contributed by atoms with Crippen molar-refractivity contribution in [1.29, 1.82) is 0 Å². The molecule has 0 saturated carbocycles. The van der Waals surface area contributed by atoms with E-state index in [0.29, 0.717) is 5.75 Å². The van der Waals surface area contributed by atoms with Crippen LogP contribution < -0.4 is 0 Å². The molecule has 1 aliphatic heterocycles. The second kappa shape index (κ2) is 8.22. The van der Waals surface area contributed by atoms with Gasteiger partial charge in [-0.1, -0.05) is 23.3 Å². The van der Waals surface area contributed by atoms with E-state index in [9.17, 15) is 4.39 Å². The summed E-state index contributed by atoms with van der Waals surface area (Å²) < 4.78 is 20.6. The summed E-state index contributed by atoms with van der Waals surface area (Å²) in [6.07, 6.45) is 3.73. The molecule has 142 valence electrons. The van der Waals surface area contributed by atoms with Crippen molar-refractivity contribution in [3.05, 3.63) is 53.4 Å². The number of hydrogen-bond donors (Lipinski definition) is 0. The van der Waals surface area contributed by atoms with Crippen molar-refractivity contribution in [3.8, 4) is 5.69 Å². The summed E-state index contributed by atoms with van der Waals surface area (Å²) in [4.78, 5) is 2.41. The minimum atomic E-state index is -0.253. The molecule has 0 spiro atoms. The van der Waals surface area contributed by atoms with Crippen LogP contribution in [0.2, 0.25) is 0 Å². The van der Waals surface area contributed by atoms with Crippen LogP contribution in [-0.4, -0.2) is 37.9 Å². The zero-order chi connectivity index (χ0) is 18.6. The van der Waals surface area contributed by atoms with Crippen molar-refractivity contribution in [2.24, 2.45) is 0 Å². The lowest BCUT2D eigenvalue weighted by Crippen LogP contribution is -2.30. The largest absolute Gasteiger partial charge is 0.361 e. The molecule has 1 fully saturated rings. The van der Waals surface area contributed by atoms with Crippen LogP contribution in [0.4, 0.5) is 4.39 Å². The van der Waals surface area contributed by atoms with Gasteiger partial charge in [0.15, 0.2) is 11.0 Å². The van der Waals surface area contributed by atoms with E-state index in [0.717, 1.165) is 47.8 Å². The van der Waals surface area contributed by atoms with Crippen molar-refractivity contribution in [2.45, 2.75) is 43.6 Å². The molecule has 27 heavy (non-hydrogen) atoms. The van der Waals surface area contributed by atoms with E-state index in [4.69, 9.17) is 4.52 Å². The summed E-state index contributed by atoms with van der Waals surface area (Å²) in [5, 5.41) is 13.6. The Hall–Kier alpha value is -2.19. The van der Waals surface area contributed by atoms with Crippen molar-refractivity contribution < 1.29 is 8.91 Å². The highest BCUT2D eigenvalue weighted by atomic mass is 32.2. The Morgan fingerprint density at radius 1 is 1.11 bits per heavy atom. The van der Waals surface area contributed by atoms with E-state index in [1.807, 2.05) is 17.6 Å². The molecule has 4 rings (SSSR count). The van der Waals surface area contributed by atoms with Crippen LogP contribution in [0.5, 0.6) is 0 Å². The molecule has 0 aliphatic carbocycles. The first-order valence-corrected chi connectivity index (χ1v) is 10.2. The first kappa shape index (κ1) is 18.2. The van der Waals surface area contributed by atoms with Crippen molar-refractivity contribution >= 4 is 11.8 Å². The number of aryl methyl sites for hydroxylation is 1. The Kier molecular flexibility index (Phi) is 5.54. The van der Waals surface area contributed by atoms with Gasteiger partial charge in [0.25, 0.3) is 0 Å². The molecule has 1 saturated heterocycles. The lowest BCUT2D eigenvalue weighted by molar-refractivity contribution is 0.214. The van der Waals surface area contributed by atoms with Crippen molar-refractivity contribution in [1.82, 2.24) is 24.8 Å². The van der Waals surface area contributed by atoms with E-state index in [2.05, 4.69) is 20.3 Å². The Balaban J connectivity index is 1.60. The van der Waals surface area contributed by atoms with Gasteiger partial charge in [-0.25, -0.2) is 4.39 Å². The maximum atomic E-state index is 13.4. The van der Waals surface area contributed by atoms with E-state index in [-0.39, 0.29) is 5.82 Å². The molecule has 3 heterocycles. The third kappa shape index (κ3) is 4.39. The number of thioether (sulfide) groups is 1. The van der Waals surface area contributed by atoms with Gasteiger partial charge in [-0.3, -0.25) is 9.47 Å². The quantitative estimate of drug-likeness (QED) is 0.596. The number of rotatable bonds is 6. The first-order valence-electron chi connectivity index (χ1n) is 9.16. The van der Waals surface area contributed by atoms with Crippen LogP contribution in [0.25, 0.3) is 5.69 Å². The third-order valence-electron chi connectivity index (χ3n) is 4.62. The molecule has 0 radical (unpaired) electrons. The molecule has 2 aromatic heterocycles. The van der Waals surface area contributed by atoms with E-state index in [1.54, 1.807) is 23.9 Å². The summed E-state index contributed by atoms with van der Waals surface area (Å²) in [5.41, 5.74) is 1.73. The number of nitrogens with zero attached hydrogens (tertiary/aromatic N) is 5. The minimum Gasteiger partial charge on any atom is -0.361 e. The molecule has 0 bridgehead atoms. The Labute approximate surface area is 161 Å². The molecule has 0 N–H and O–H groups in total. The molecule has 6 nitrogen and oxygen atoms in total. The molecule has 1 aliphatic rings. The number of benzene rings is 1. The van der Waals surface area contributed by atoms with Crippen LogP contribution in [0.3, 0.4) is 0 Å².